The molecule has 0 spiro atoms. The zero-order valence-corrected chi connectivity index (χ0v) is 21.3. The molecule has 190 valence electrons. The van der Waals surface area contributed by atoms with Crippen molar-refractivity contribution in [2.75, 3.05) is 13.7 Å². The second kappa shape index (κ2) is 12.0. The minimum Gasteiger partial charge on any atom is -0.497 e. The number of rotatable bonds is 10. The maximum Gasteiger partial charge on any atom is 0.358 e. The van der Waals surface area contributed by atoms with Crippen LogP contribution in [0.1, 0.15) is 46.7 Å². The predicted octanol–water partition coefficient (Wildman–Crippen LogP) is 5.48. The molecule has 3 aromatic carbocycles. The molecule has 0 fully saturated rings. The SMILES string of the molecule is CCOC(=O)c1cc(-c2cccc(OC)c2)n(-c2ccc(C(=O)N[C@@H](C)CCc3ccccc3)cc2)n1. The number of benzene rings is 3. The first-order valence-electron chi connectivity index (χ1n) is 12.3. The van der Waals surface area contributed by atoms with Crippen LogP contribution in [-0.4, -0.2) is 41.4 Å². The monoisotopic (exact) mass is 497 g/mol. The number of carbonyl (C=O) groups is 2. The normalized spacial score (nSPS) is 11.5. The summed E-state index contributed by atoms with van der Waals surface area (Å²) in [5.41, 5.74) is 4.25. The van der Waals surface area contributed by atoms with Gasteiger partial charge in [-0.25, -0.2) is 9.48 Å². The molecular weight excluding hydrogens is 466 g/mol. The van der Waals surface area contributed by atoms with Crippen LogP contribution in [0.5, 0.6) is 5.75 Å². The molecule has 0 radical (unpaired) electrons. The molecule has 7 nitrogen and oxygen atoms in total. The lowest BCUT2D eigenvalue weighted by Crippen LogP contribution is -2.32. The van der Waals surface area contributed by atoms with E-state index < -0.39 is 5.97 Å². The summed E-state index contributed by atoms with van der Waals surface area (Å²) in [5.74, 6) is 0.0648. The van der Waals surface area contributed by atoms with Gasteiger partial charge >= 0.3 is 5.97 Å². The van der Waals surface area contributed by atoms with Crippen molar-refractivity contribution in [3.8, 4) is 22.7 Å². The van der Waals surface area contributed by atoms with Crippen LogP contribution in [-0.2, 0) is 11.2 Å². The van der Waals surface area contributed by atoms with Gasteiger partial charge in [0.1, 0.15) is 5.75 Å². The summed E-state index contributed by atoms with van der Waals surface area (Å²) >= 11 is 0. The number of esters is 1. The van der Waals surface area contributed by atoms with E-state index in [1.807, 2.05) is 61.5 Å². The summed E-state index contributed by atoms with van der Waals surface area (Å²) in [4.78, 5) is 25.2. The number of carbonyl (C=O) groups excluding carboxylic acids is 2. The van der Waals surface area contributed by atoms with E-state index in [4.69, 9.17) is 9.47 Å². The second-order valence-electron chi connectivity index (χ2n) is 8.72. The Morgan fingerprint density at radius 2 is 1.73 bits per heavy atom. The summed E-state index contributed by atoms with van der Waals surface area (Å²) < 4.78 is 12.2. The minimum atomic E-state index is -0.495. The first kappa shape index (κ1) is 25.7. The van der Waals surface area contributed by atoms with Crippen LogP contribution in [0.2, 0.25) is 0 Å². The maximum atomic E-state index is 12.8. The lowest BCUT2D eigenvalue weighted by Gasteiger charge is -2.14. The summed E-state index contributed by atoms with van der Waals surface area (Å²) in [7, 11) is 1.60. The van der Waals surface area contributed by atoms with Crippen LogP contribution < -0.4 is 10.1 Å². The smallest absolute Gasteiger partial charge is 0.358 e. The number of hydrogen-bond acceptors (Lipinski definition) is 5. The van der Waals surface area contributed by atoms with Gasteiger partial charge in [0, 0.05) is 17.2 Å². The third-order valence-corrected chi connectivity index (χ3v) is 6.02. The van der Waals surface area contributed by atoms with Crippen molar-refractivity contribution in [3.05, 3.63) is 102 Å². The van der Waals surface area contributed by atoms with Gasteiger partial charge in [-0.05, 0) is 74.7 Å². The Morgan fingerprint density at radius 3 is 2.43 bits per heavy atom. The number of nitrogens with zero attached hydrogens (tertiary/aromatic N) is 2. The second-order valence-corrected chi connectivity index (χ2v) is 8.72. The Morgan fingerprint density at radius 1 is 0.973 bits per heavy atom. The highest BCUT2D eigenvalue weighted by Crippen LogP contribution is 2.27. The molecule has 1 N–H and O–H groups in total. The van der Waals surface area contributed by atoms with Gasteiger partial charge in [0.05, 0.1) is 25.1 Å². The number of nitrogens with one attached hydrogen (secondary N) is 1. The molecule has 0 bridgehead atoms. The molecule has 0 unspecified atom stereocenters. The van der Waals surface area contributed by atoms with Crippen LogP contribution in [0, 0.1) is 0 Å². The van der Waals surface area contributed by atoms with Gasteiger partial charge in [-0.1, -0.05) is 42.5 Å². The molecule has 1 aromatic heterocycles. The lowest BCUT2D eigenvalue weighted by atomic mass is 10.1. The molecule has 1 heterocycles. The van der Waals surface area contributed by atoms with Crippen molar-refractivity contribution in [1.29, 1.82) is 0 Å². The van der Waals surface area contributed by atoms with Gasteiger partial charge in [-0.2, -0.15) is 5.10 Å². The standard InChI is InChI=1S/C30H31N3O4/c1-4-37-30(35)27-20-28(24-11-8-12-26(19-24)36-3)33(32-27)25-17-15-23(16-18-25)29(34)31-21(2)13-14-22-9-6-5-7-10-22/h5-12,15-21H,4,13-14H2,1-3H3,(H,31,34)/t21-/m0/s1. The summed E-state index contributed by atoms with van der Waals surface area (Å²) in [6.07, 6.45) is 1.75. The van der Waals surface area contributed by atoms with Crippen LogP contribution in [0.4, 0.5) is 0 Å². The third kappa shape index (κ3) is 6.44. The first-order chi connectivity index (χ1) is 18.0. The van der Waals surface area contributed by atoms with E-state index in [1.165, 1.54) is 5.56 Å². The van der Waals surface area contributed by atoms with E-state index >= 15 is 0 Å². The lowest BCUT2D eigenvalue weighted by molar-refractivity contribution is 0.0518. The molecule has 0 saturated carbocycles. The maximum absolute atomic E-state index is 12.8. The fraction of sp³-hybridized carbons (Fsp3) is 0.233. The molecule has 0 aliphatic carbocycles. The average molecular weight is 498 g/mol. The van der Waals surface area contributed by atoms with Crippen molar-refractivity contribution in [2.45, 2.75) is 32.7 Å². The molecular formula is C30H31N3O4. The zero-order chi connectivity index (χ0) is 26.2. The van der Waals surface area contributed by atoms with Crippen molar-refractivity contribution >= 4 is 11.9 Å². The zero-order valence-electron chi connectivity index (χ0n) is 21.3. The quantitative estimate of drug-likeness (QED) is 0.294. The summed E-state index contributed by atoms with van der Waals surface area (Å²) in [5, 5.41) is 7.58. The molecule has 0 aliphatic rings. The fourth-order valence-electron chi connectivity index (χ4n) is 4.03. The number of ether oxygens (including phenoxy) is 2. The van der Waals surface area contributed by atoms with E-state index in [2.05, 4.69) is 22.5 Å². The number of aryl methyl sites for hydroxylation is 1. The Hall–Kier alpha value is -4.39. The predicted molar refractivity (Wildman–Crippen MR) is 143 cm³/mol. The van der Waals surface area contributed by atoms with Crippen molar-refractivity contribution in [2.24, 2.45) is 0 Å². The van der Waals surface area contributed by atoms with Gasteiger partial charge in [0.25, 0.3) is 5.91 Å². The van der Waals surface area contributed by atoms with E-state index in [9.17, 15) is 9.59 Å². The Bertz CT molecular complexity index is 1350. The number of methoxy groups -OCH3 is 1. The van der Waals surface area contributed by atoms with Crippen LogP contribution in [0.25, 0.3) is 16.9 Å². The van der Waals surface area contributed by atoms with Crippen molar-refractivity contribution in [3.63, 3.8) is 0 Å². The molecule has 1 atom stereocenters. The molecule has 0 saturated heterocycles. The van der Waals surface area contributed by atoms with E-state index in [0.717, 1.165) is 18.4 Å². The van der Waals surface area contributed by atoms with Crippen LogP contribution in [0.15, 0.2) is 84.9 Å². The van der Waals surface area contributed by atoms with Crippen LogP contribution in [0.3, 0.4) is 0 Å². The summed E-state index contributed by atoms with van der Waals surface area (Å²) in [6, 6.07) is 26.6. The Balaban J connectivity index is 1.53. The molecule has 1 amide bonds. The van der Waals surface area contributed by atoms with Crippen molar-refractivity contribution in [1.82, 2.24) is 15.1 Å². The topological polar surface area (TPSA) is 82.5 Å². The summed E-state index contributed by atoms with van der Waals surface area (Å²) in [6.45, 7) is 4.02. The highest BCUT2D eigenvalue weighted by molar-refractivity contribution is 5.94. The van der Waals surface area contributed by atoms with Crippen molar-refractivity contribution < 1.29 is 19.1 Å². The first-order valence-corrected chi connectivity index (χ1v) is 12.3. The third-order valence-electron chi connectivity index (χ3n) is 6.02. The Kier molecular flexibility index (Phi) is 8.36. The number of aromatic nitrogens is 2. The van der Waals surface area contributed by atoms with E-state index in [1.54, 1.807) is 36.9 Å². The number of amides is 1. The van der Waals surface area contributed by atoms with Gasteiger partial charge in [0.2, 0.25) is 0 Å². The van der Waals surface area contributed by atoms with Gasteiger partial charge in [-0.15, -0.1) is 0 Å². The van der Waals surface area contributed by atoms with Gasteiger partial charge in [0.15, 0.2) is 5.69 Å². The largest absolute Gasteiger partial charge is 0.497 e. The molecule has 4 rings (SSSR count). The molecule has 7 heteroatoms. The fourth-order valence-corrected chi connectivity index (χ4v) is 4.03. The molecule has 4 aromatic rings. The van der Waals surface area contributed by atoms with Gasteiger partial charge in [-0.3, -0.25) is 4.79 Å². The van der Waals surface area contributed by atoms with Crippen LogP contribution >= 0.6 is 0 Å². The van der Waals surface area contributed by atoms with E-state index in [0.29, 0.717) is 22.7 Å². The number of hydrogen-bond donors (Lipinski definition) is 1. The molecule has 37 heavy (non-hydrogen) atoms. The Labute approximate surface area is 217 Å². The molecule has 0 aliphatic heterocycles. The average Bonchev–Trinajstić information content (AvgIpc) is 3.38. The highest BCUT2D eigenvalue weighted by atomic mass is 16.5. The minimum absolute atomic E-state index is 0.0327. The van der Waals surface area contributed by atoms with E-state index in [-0.39, 0.29) is 24.2 Å². The van der Waals surface area contributed by atoms with Gasteiger partial charge < -0.3 is 14.8 Å². The highest BCUT2D eigenvalue weighted by Gasteiger charge is 2.19.